The fourth-order valence-corrected chi connectivity index (χ4v) is 7.69. The lowest BCUT2D eigenvalue weighted by Crippen LogP contribution is -2.12. The van der Waals surface area contributed by atoms with E-state index in [0.29, 0.717) is 0 Å². The highest BCUT2D eigenvalue weighted by Gasteiger charge is 2.11. The summed E-state index contributed by atoms with van der Waals surface area (Å²) in [6, 6.07) is 14.1. The van der Waals surface area contributed by atoms with E-state index in [4.69, 9.17) is 9.98 Å². The number of unbranched alkanes of at least 4 members (excludes halogenated alkanes) is 20. The lowest BCUT2D eigenvalue weighted by Gasteiger charge is -2.13. The topological polar surface area (TPSA) is 24.7 Å². The summed E-state index contributed by atoms with van der Waals surface area (Å²) >= 11 is 0. The van der Waals surface area contributed by atoms with E-state index < -0.39 is 0 Å². The Balaban J connectivity index is 2.20. The van der Waals surface area contributed by atoms with Gasteiger partial charge in [-0.2, -0.15) is 0 Å². The van der Waals surface area contributed by atoms with E-state index in [9.17, 15) is 0 Å². The van der Waals surface area contributed by atoms with Gasteiger partial charge in [-0.1, -0.05) is 182 Å². The fourth-order valence-electron chi connectivity index (χ4n) is 7.69. The number of hydrogen-bond donors (Lipinski definition) is 0. The third-order valence-corrected chi connectivity index (χ3v) is 11.4. The van der Waals surface area contributed by atoms with Crippen LogP contribution in [0.3, 0.4) is 0 Å². The van der Waals surface area contributed by atoms with Gasteiger partial charge in [-0.15, -0.1) is 0 Å². The highest BCUT2D eigenvalue weighted by atomic mass is 14.8. The molecule has 0 bridgehead atoms. The van der Waals surface area contributed by atoms with Gasteiger partial charge in [0.2, 0.25) is 0 Å². The van der Waals surface area contributed by atoms with Crippen LogP contribution in [0.1, 0.15) is 237 Å². The summed E-state index contributed by atoms with van der Waals surface area (Å²) in [5.74, 6) is 0. The second-order valence-electron chi connectivity index (χ2n) is 16.6. The Morgan fingerprint density at radius 2 is 0.782 bits per heavy atom. The number of rotatable bonds is 35. The van der Waals surface area contributed by atoms with E-state index in [1.165, 1.54) is 183 Å². The van der Waals surface area contributed by atoms with Crippen LogP contribution >= 0.6 is 0 Å². The molecule has 2 nitrogen and oxygen atoms in total. The van der Waals surface area contributed by atoms with Crippen LogP contribution in [-0.4, -0.2) is 11.4 Å². The van der Waals surface area contributed by atoms with Crippen molar-refractivity contribution in [1.82, 2.24) is 0 Å². The first kappa shape index (κ1) is 48.7. The van der Waals surface area contributed by atoms with E-state index in [0.717, 1.165) is 61.3 Å². The van der Waals surface area contributed by atoms with Crippen molar-refractivity contribution in [2.75, 3.05) is 0 Å². The number of benzene rings is 2. The van der Waals surface area contributed by atoms with E-state index in [2.05, 4.69) is 90.1 Å². The molecule has 0 aromatic heterocycles. The molecule has 2 aromatic carbocycles. The summed E-state index contributed by atoms with van der Waals surface area (Å²) in [4.78, 5) is 10.9. The Kier molecular flexibility index (Phi) is 29.8. The lowest BCUT2D eigenvalue weighted by atomic mass is 9.97. The van der Waals surface area contributed by atoms with E-state index in [-0.39, 0.29) is 0 Å². The maximum Gasteiger partial charge on any atom is 0.0848 e. The summed E-state index contributed by atoms with van der Waals surface area (Å²) in [7, 11) is 0. The maximum absolute atomic E-state index is 5.44. The summed E-state index contributed by atoms with van der Waals surface area (Å²) in [6.07, 6.45) is 44.7. The van der Waals surface area contributed by atoms with Crippen LogP contribution in [0.2, 0.25) is 0 Å². The highest BCUT2D eigenvalue weighted by molar-refractivity contribution is 6.47. The third-order valence-electron chi connectivity index (χ3n) is 11.4. The molecule has 2 heteroatoms. The molecule has 0 spiro atoms. The first-order valence-electron chi connectivity index (χ1n) is 24.2. The number of aliphatic imine (C=N–C) groups is 2. The van der Waals surface area contributed by atoms with Crippen LogP contribution in [0.5, 0.6) is 0 Å². The van der Waals surface area contributed by atoms with Gasteiger partial charge in [0.15, 0.2) is 0 Å². The average molecular weight is 753 g/mol. The summed E-state index contributed by atoms with van der Waals surface area (Å²) < 4.78 is 0. The van der Waals surface area contributed by atoms with Crippen molar-refractivity contribution in [2.45, 2.75) is 241 Å². The Bertz CT molecular complexity index is 1310. The molecular formula is C53H88N2. The van der Waals surface area contributed by atoms with Gasteiger partial charge in [-0.05, 0) is 130 Å². The van der Waals surface area contributed by atoms with Gasteiger partial charge in [0.1, 0.15) is 0 Å². The smallest absolute Gasteiger partial charge is 0.0848 e. The molecule has 0 aliphatic rings. The van der Waals surface area contributed by atoms with Crippen LogP contribution in [0.25, 0.3) is 0 Å². The zero-order valence-corrected chi connectivity index (χ0v) is 37.4. The molecule has 0 heterocycles. The first-order valence-corrected chi connectivity index (χ1v) is 24.2. The number of allylic oxidation sites excluding steroid dienone is 2. The molecule has 0 amide bonds. The molecule has 2 aromatic rings. The molecule has 0 aliphatic heterocycles. The number of hydrogen-bond acceptors (Lipinski definition) is 2. The molecule has 0 fully saturated rings. The van der Waals surface area contributed by atoms with Crippen LogP contribution in [0.4, 0.5) is 11.4 Å². The molecule has 0 N–H and O–H groups in total. The van der Waals surface area contributed by atoms with Gasteiger partial charge in [-0.3, -0.25) is 4.99 Å². The van der Waals surface area contributed by atoms with Gasteiger partial charge in [0.05, 0.1) is 22.8 Å². The van der Waals surface area contributed by atoms with E-state index in [1.807, 2.05) is 0 Å². The highest BCUT2D eigenvalue weighted by Crippen LogP contribution is 2.26. The number of nitrogens with zero attached hydrogens (tertiary/aromatic N) is 2. The predicted octanol–water partition coefficient (Wildman–Crippen LogP) is 17.9. The molecular weight excluding hydrogens is 665 g/mol. The van der Waals surface area contributed by atoms with Gasteiger partial charge in [0, 0.05) is 0 Å². The van der Waals surface area contributed by atoms with Gasteiger partial charge >= 0.3 is 0 Å². The molecule has 0 unspecified atom stereocenters. The molecule has 0 atom stereocenters. The first-order chi connectivity index (χ1) is 27.1. The molecule has 0 saturated heterocycles. The van der Waals surface area contributed by atoms with Crippen molar-refractivity contribution < 1.29 is 0 Å². The largest absolute Gasteiger partial charge is 0.251 e. The minimum absolute atomic E-state index is 0.956. The predicted molar refractivity (Wildman–Crippen MR) is 250 cm³/mol. The van der Waals surface area contributed by atoms with Crippen LogP contribution in [0, 0.1) is 0 Å². The minimum atomic E-state index is 0.956. The normalized spacial score (nSPS) is 12.4. The van der Waals surface area contributed by atoms with Gasteiger partial charge in [-0.25, -0.2) is 4.99 Å². The van der Waals surface area contributed by atoms with Crippen molar-refractivity contribution >= 4 is 22.8 Å². The Morgan fingerprint density at radius 3 is 1.22 bits per heavy atom. The second kappa shape index (κ2) is 33.6. The molecule has 0 radical (unpaired) electrons. The van der Waals surface area contributed by atoms with Crippen molar-refractivity contribution in [2.24, 2.45) is 9.98 Å². The molecule has 2 rings (SSSR count). The van der Waals surface area contributed by atoms with Crippen molar-refractivity contribution in [3.05, 3.63) is 70.8 Å². The Hall–Kier alpha value is -2.48. The van der Waals surface area contributed by atoms with E-state index >= 15 is 0 Å². The zero-order chi connectivity index (χ0) is 39.6. The minimum Gasteiger partial charge on any atom is -0.251 e. The quantitative estimate of drug-likeness (QED) is 0.0495. The third kappa shape index (κ3) is 22.8. The SMILES string of the molecule is CCCCCCCCCCCCCCCCC/C=C/C(=Nc1ccc(CCCC)c(CCCC)c1)C(CCCC)=Nc1ccc(CCCC)c(CCCC)c1. The Morgan fingerprint density at radius 1 is 0.400 bits per heavy atom. The van der Waals surface area contributed by atoms with E-state index in [1.54, 1.807) is 0 Å². The Labute approximate surface area is 343 Å². The summed E-state index contributed by atoms with van der Waals surface area (Å²) in [6.45, 7) is 13.8. The van der Waals surface area contributed by atoms with Crippen LogP contribution < -0.4 is 0 Å². The van der Waals surface area contributed by atoms with Crippen LogP contribution in [-0.2, 0) is 25.7 Å². The standard InChI is InChI=1S/C53H88N2/c1-7-13-19-20-21-22-23-24-25-26-27-28-29-30-31-32-33-39-53(55-51-43-41-47(35-15-9-3)49(45-51)37-17-11-5)52(38-18-12-6)54-50-42-40-46(34-14-8-2)48(44-50)36-16-10-4/h33,39-45H,7-32,34-38H2,1-6H3/b39-33+,54-52?,55-53?. The monoisotopic (exact) mass is 753 g/mol. The average Bonchev–Trinajstić information content (AvgIpc) is 3.20. The number of aryl methyl sites for hydroxylation is 4. The fraction of sp³-hybridized carbons (Fsp3) is 0.698. The van der Waals surface area contributed by atoms with Crippen molar-refractivity contribution in [3.8, 4) is 0 Å². The van der Waals surface area contributed by atoms with Crippen molar-refractivity contribution in [1.29, 1.82) is 0 Å². The molecule has 310 valence electrons. The molecule has 0 aliphatic carbocycles. The van der Waals surface area contributed by atoms with Gasteiger partial charge < -0.3 is 0 Å². The van der Waals surface area contributed by atoms with Gasteiger partial charge in [0.25, 0.3) is 0 Å². The maximum atomic E-state index is 5.44. The summed E-state index contributed by atoms with van der Waals surface area (Å²) in [5, 5.41) is 0. The molecule has 0 saturated carbocycles. The lowest BCUT2D eigenvalue weighted by molar-refractivity contribution is 0.533. The zero-order valence-electron chi connectivity index (χ0n) is 37.4. The van der Waals surface area contributed by atoms with Crippen molar-refractivity contribution in [3.63, 3.8) is 0 Å². The second-order valence-corrected chi connectivity index (χ2v) is 16.6. The van der Waals surface area contributed by atoms with Crippen LogP contribution in [0.15, 0.2) is 58.5 Å². The molecule has 55 heavy (non-hydrogen) atoms. The summed E-state index contributed by atoms with van der Waals surface area (Å²) in [5.41, 5.74) is 10.4.